The Morgan fingerprint density at radius 1 is 1.35 bits per heavy atom. The highest BCUT2D eigenvalue weighted by atomic mass is 16.6. The summed E-state index contributed by atoms with van der Waals surface area (Å²) in [6.45, 7) is 1.71. The zero-order valence-corrected chi connectivity index (χ0v) is 12.3. The zero-order valence-electron chi connectivity index (χ0n) is 12.3. The summed E-state index contributed by atoms with van der Waals surface area (Å²) in [7, 11) is 0. The van der Waals surface area contributed by atoms with Crippen molar-refractivity contribution in [1.29, 1.82) is 0 Å². The summed E-state index contributed by atoms with van der Waals surface area (Å²) in [6.07, 6.45) is -4.06. The summed E-state index contributed by atoms with van der Waals surface area (Å²) in [5.74, 6) is -1.94. The monoisotopic (exact) mass is 327 g/mol. The molecule has 0 radical (unpaired) electrons. The molecule has 0 saturated carbocycles. The van der Waals surface area contributed by atoms with Crippen LogP contribution in [0, 0.1) is 10.1 Å². The van der Waals surface area contributed by atoms with Crippen LogP contribution in [0.5, 0.6) is 0 Å². The molecular formula is C14H17NO8. The number of nitro groups is 1. The van der Waals surface area contributed by atoms with E-state index in [1.165, 1.54) is 12.1 Å². The van der Waals surface area contributed by atoms with E-state index in [9.17, 15) is 29.9 Å². The van der Waals surface area contributed by atoms with E-state index in [1.54, 1.807) is 6.92 Å². The van der Waals surface area contributed by atoms with Crippen LogP contribution in [0.1, 0.15) is 30.6 Å². The molecular weight excluding hydrogens is 310 g/mol. The lowest BCUT2D eigenvalue weighted by Crippen LogP contribution is -2.23. The smallest absolute Gasteiger partial charge is 0.308 e. The van der Waals surface area contributed by atoms with Gasteiger partial charge < -0.3 is 20.1 Å². The highest BCUT2D eigenvalue weighted by Gasteiger charge is 2.25. The number of hydrogen-bond acceptors (Lipinski definition) is 7. The molecule has 2 atom stereocenters. The number of ether oxygens (including phenoxy) is 1. The van der Waals surface area contributed by atoms with Crippen LogP contribution in [0.2, 0.25) is 0 Å². The topological polar surface area (TPSA) is 147 Å². The highest BCUT2D eigenvalue weighted by Crippen LogP contribution is 2.27. The third-order valence-electron chi connectivity index (χ3n) is 3.03. The normalized spacial score (nSPS) is 13.2. The second-order valence-electron chi connectivity index (χ2n) is 4.74. The van der Waals surface area contributed by atoms with Crippen LogP contribution < -0.4 is 0 Å². The molecule has 0 saturated heterocycles. The minimum atomic E-state index is -1.54. The van der Waals surface area contributed by atoms with Crippen LogP contribution in [-0.4, -0.2) is 44.9 Å². The van der Waals surface area contributed by atoms with Gasteiger partial charge in [-0.3, -0.25) is 19.7 Å². The zero-order chi connectivity index (χ0) is 17.6. The fourth-order valence-corrected chi connectivity index (χ4v) is 1.97. The van der Waals surface area contributed by atoms with Crippen molar-refractivity contribution >= 4 is 17.6 Å². The SMILES string of the molecule is CCOC(=O)CC(O)C(O)c1ccc(CC(=O)O)c([N+](=O)[O-])c1. The first kappa shape index (κ1) is 18.5. The minimum Gasteiger partial charge on any atom is -0.481 e. The molecule has 3 N–H and O–H groups in total. The standard InChI is InChI=1S/C14H17NO8/c1-2-23-13(19)7-11(16)14(20)9-4-3-8(6-12(17)18)10(5-9)15(21)22/h3-5,11,14,16,20H,2,6-7H2,1H3,(H,17,18). The van der Waals surface area contributed by atoms with Gasteiger partial charge in [0, 0.05) is 11.6 Å². The molecule has 0 aliphatic rings. The Morgan fingerprint density at radius 3 is 2.52 bits per heavy atom. The molecule has 0 heterocycles. The van der Waals surface area contributed by atoms with Gasteiger partial charge in [-0.1, -0.05) is 12.1 Å². The number of carboxylic acids is 1. The third-order valence-corrected chi connectivity index (χ3v) is 3.03. The maximum atomic E-state index is 11.3. The first-order valence-corrected chi connectivity index (χ1v) is 6.77. The number of aliphatic carboxylic acids is 1. The summed E-state index contributed by atoms with van der Waals surface area (Å²) in [4.78, 5) is 32.2. The molecule has 0 fully saturated rings. The number of nitrogens with zero attached hydrogens (tertiary/aromatic N) is 1. The highest BCUT2D eigenvalue weighted by molar-refractivity contribution is 5.72. The van der Waals surface area contributed by atoms with Crippen LogP contribution in [0.25, 0.3) is 0 Å². The average molecular weight is 327 g/mol. The van der Waals surface area contributed by atoms with Crippen LogP contribution in [-0.2, 0) is 20.7 Å². The van der Waals surface area contributed by atoms with E-state index in [4.69, 9.17) is 5.11 Å². The first-order chi connectivity index (χ1) is 10.8. The second kappa shape index (κ2) is 8.20. The Labute approximate surface area is 131 Å². The maximum absolute atomic E-state index is 11.3. The maximum Gasteiger partial charge on any atom is 0.308 e. The number of aliphatic hydroxyl groups excluding tert-OH is 2. The quantitative estimate of drug-likeness (QED) is 0.356. The predicted octanol–water partition coefficient (Wildman–Crippen LogP) is 0.569. The van der Waals surface area contributed by atoms with Gasteiger partial charge >= 0.3 is 11.9 Å². The number of esters is 1. The van der Waals surface area contributed by atoms with Crippen LogP contribution in [0.4, 0.5) is 5.69 Å². The van der Waals surface area contributed by atoms with Crippen molar-refractivity contribution < 1.29 is 34.6 Å². The fraction of sp³-hybridized carbons (Fsp3) is 0.429. The number of carbonyl (C=O) groups is 2. The molecule has 0 aliphatic heterocycles. The molecule has 0 amide bonds. The molecule has 0 spiro atoms. The van der Waals surface area contributed by atoms with Gasteiger partial charge in [0.25, 0.3) is 5.69 Å². The number of benzene rings is 1. The van der Waals surface area contributed by atoms with Gasteiger partial charge in [-0.05, 0) is 12.5 Å². The van der Waals surface area contributed by atoms with Crippen molar-refractivity contribution in [2.75, 3.05) is 6.61 Å². The Morgan fingerprint density at radius 2 is 2.00 bits per heavy atom. The lowest BCUT2D eigenvalue weighted by Gasteiger charge is -2.17. The van der Waals surface area contributed by atoms with Gasteiger partial charge in [0.15, 0.2) is 0 Å². The summed E-state index contributed by atoms with van der Waals surface area (Å²) in [5.41, 5.74) is -0.506. The van der Waals surface area contributed by atoms with Crippen molar-refractivity contribution in [2.45, 2.75) is 32.0 Å². The Bertz CT molecular complexity index is 600. The largest absolute Gasteiger partial charge is 0.481 e. The van der Waals surface area contributed by atoms with Gasteiger partial charge in [-0.15, -0.1) is 0 Å². The molecule has 2 unspecified atom stereocenters. The van der Waals surface area contributed by atoms with Gasteiger partial charge in [-0.25, -0.2) is 0 Å². The van der Waals surface area contributed by atoms with E-state index in [-0.39, 0.29) is 17.7 Å². The van der Waals surface area contributed by atoms with E-state index < -0.39 is 47.6 Å². The van der Waals surface area contributed by atoms with Crippen LogP contribution in [0.15, 0.2) is 18.2 Å². The minimum absolute atomic E-state index is 0.00244. The molecule has 1 rings (SSSR count). The Kier molecular flexibility index (Phi) is 6.61. The molecule has 126 valence electrons. The van der Waals surface area contributed by atoms with Crippen LogP contribution in [0.3, 0.4) is 0 Å². The van der Waals surface area contributed by atoms with Crippen molar-refractivity contribution in [1.82, 2.24) is 0 Å². The second-order valence-corrected chi connectivity index (χ2v) is 4.74. The lowest BCUT2D eigenvalue weighted by molar-refractivity contribution is -0.385. The van der Waals surface area contributed by atoms with E-state index in [0.29, 0.717) is 0 Å². The van der Waals surface area contributed by atoms with Gasteiger partial charge in [-0.2, -0.15) is 0 Å². The van der Waals surface area contributed by atoms with Crippen molar-refractivity contribution in [3.63, 3.8) is 0 Å². The first-order valence-electron chi connectivity index (χ1n) is 6.77. The van der Waals surface area contributed by atoms with Gasteiger partial charge in [0.05, 0.1) is 30.5 Å². The summed E-state index contributed by atoms with van der Waals surface area (Å²) < 4.78 is 4.64. The number of rotatable bonds is 8. The van der Waals surface area contributed by atoms with E-state index in [2.05, 4.69) is 4.74 Å². The number of aliphatic hydroxyl groups is 2. The summed E-state index contributed by atoms with van der Waals surface area (Å²) >= 11 is 0. The predicted molar refractivity (Wildman–Crippen MR) is 76.7 cm³/mol. The number of nitro benzene ring substituents is 1. The number of carbonyl (C=O) groups excluding carboxylic acids is 1. The summed E-state index contributed by atoms with van der Waals surface area (Å²) in [5, 5.41) is 39.5. The van der Waals surface area contributed by atoms with E-state index >= 15 is 0 Å². The Balaban J connectivity index is 2.99. The molecule has 23 heavy (non-hydrogen) atoms. The van der Waals surface area contributed by atoms with Crippen molar-refractivity contribution in [2.24, 2.45) is 0 Å². The Hall–Kier alpha value is -2.52. The molecule has 0 bridgehead atoms. The average Bonchev–Trinajstić information content (AvgIpc) is 2.46. The molecule has 0 aliphatic carbocycles. The lowest BCUT2D eigenvalue weighted by atomic mass is 9.98. The molecule has 9 heteroatoms. The molecule has 1 aromatic rings. The summed E-state index contributed by atoms with van der Waals surface area (Å²) in [6, 6.07) is 3.45. The molecule has 9 nitrogen and oxygen atoms in total. The molecule has 0 aromatic heterocycles. The van der Waals surface area contributed by atoms with E-state index in [1.807, 2.05) is 0 Å². The van der Waals surface area contributed by atoms with Gasteiger partial charge in [0.1, 0.15) is 6.10 Å². The molecule has 1 aromatic carbocycles. The number of carboxylic acid groups (broad SMARTS) is 1. The fourth-order valence-electron chi connectivity index (χ4n) is 1.97. The third kappa shape index (κ3) is 5.31. The number of hydrogen-bond donors (Lipinski definition) is 3. The van der Waals surface area contributed by atoms with Gasteiger partial charge in [0.2, 0.25) is 0 Å². The van der Waals surface area contributed by atoms with Crippen molar-refractivity contribution in [3.8, 4) is 0 Å². The van der Waals surface area contributed by atoms with Crippen molar-refractivity contribution in [3.05, 3.63) is 39.4 Å². The van der Waals surface area contributed by atoms with E-state index in [0.717, 1.165) is 6.07 Å². The van der Waals surface area contributed by atoms with Crippen LogP contribution >= 0.6 is 0 Å².